The largest absolute Gasteiger partial charge is 0.325 e. The van der Waals surface area contributed by atoms with E-state index in [9.17, 15) is 0 Å². The van der Waals surface area contributed by atoms with Gasteiger partial charge in [0.25, 0.3) is 0 Å². The topological polar surface area (TPSA) is 43.8 Å². The van der Waals surface area contributed by atoms with E-state index < -0.39 is 0 Å². The molecule has 2 N–H and O–H groups in total. The van der Waals surface area contributed by atoms with Crippen LogP contribution >= 0.6 is 0 Å². The summed E-state index contributed by atoms with van der Waals surface area (Å²) < 4.78 is 1.97. The minimum Gasteiger partial charge on any atom is -0.325 e. The molecule has 66 valence electrons. The zero-order valence-electron chi connectivity index (χ0n) is 7.45. The Morgan fingerprint density at radius 1 is 1.67 bits per heavy atom. The first-order valence-electron chi connectivity index (χ1n) is 4.46. The molecule has 0 bridgehead atoms. The third-order valence-electron chi connectivity index (χ3n) is 2.49. The molecule has 1 saturated carbocycles. The zero-order valence-corrected chi connectivity index (χ0v) is 7.45. The summed E-state index contributed by atoms with van der Waals surface area (Å²) in [6.07, 6.45) is 7.39. The number of aromatic nitrogens is 2. The predicted molar refractivity (Wildman–Crippen MR) is 47.7 cm³/mol. The number of nitrogens with zero attached hydrogens (tertiary/aromatic N) is 2. The van der Waals surface area contributed by atoms with Crippen LogP contribution in [0.4, 0.5) is 0 Å². The molecule has 0 aliphatic heterocycles. The Morgan fingerprint density at radius 2 is 2.42 bits per heavy atom. The van der Waals surface area contributed by atoms with Crippen molar-refractivity contribution < 1.29 is 0 Å². The van der Waals surface area contributed by atoms with Crippen LogP contribution in [-0.4, -0.2) is 15.3 Å². The summed E-state index contributed by atoms with van der Waals surface area (Å²) in [5.41, 5.74) is 7.33. The predicted octanol–water partition coefficient (Wildman–Crippen LogP) is 1.07. The van der Waals surface area contributed by atoms with E-state index in [0.717, 1.165) is 13.0 Å². The van der Waals surface area contributed by atoms with Crippen molar-refractivity contribution in [1.82, 2.24) is 9.78 Å². The molecular formula is C9H15N3. The first-order valence-corrected chi connectivity index (χ1v) is 4.46. The molecule has 1 aliphatic rings. The quantitative estimate of drug-likeness (QED) is 0.728. The van der Waals surface area contributed by atoms with Crippen molar-refractivity contribution in [3.8, 4) is 0 Å². The van der Waals surface area contributed by atoms with Crippen molar-refractivity contribution in [3.05, 3.63) is 18.0 Å². The highest BCUT2D eigenvalue weighted by Crippen LogP contribution is 2.35. The smallest absolute Gasteiger partial charge is 0.0518 e. The first kappa shape index (κ1) is 7.80. The molecule has 0 unspecified atom stereocenters. The van der Waals surface area contributed by atoms with Gasteiger partial charge in [0.15, 0.2) is 0 Å². The lowest BCUT2D eigenvalue weighted by molar-refractivity contribution is 0.500. The van der Waals surface area contributed by atoms with Crippen molar-refractivity contribution in [2.75, 3.05) is 0 Å². The Bertz CT molecular complexity index is 273. The number of nitrogens with two attached hydrogens (primary N) is 1. The van der Waals surface area contributed by atoms with E-state index in [1.807, 2.05) is 10.9 Å². The lowest BCUT2D eigenvalue weighted by Gasteiger charge is -2.07. The van der Waals surface area contributed by atoms with Crippen molar-refractivity contribution in [3.63, 3.8) is 0 Å². The van der Waals surface area contributed by atoms with Gasteiger partial charge in [-0.3, -0.25) is 4.68 Å². The van der Waals surface area contributed by atoms with Crippen LogP contribution in [0, 0.1) is 6.92 Å². The summed E-state index contributed by atoms with van der Waals surface area (Å²) in [5, 5.41) is 4.21. The molecule has 0 atom stereocenters. The van der Waals surface area contributed by atoms with Gasteiger partial charge in [-0.25, -0.2) is 0 Å². The van der Waals surface area contributed by atoms with Gasteiger partial charge in [0.1, 0.15) is 0 Å². The second kappa shape index (κ2) is 2.59. The van der Waals surface area contributed by atoms with E-state index in [1.54, 1.807) is 0 Å². The maximum atomic E-state index is 5.96. The van der Waals surface area contributed by atoms with Gasteiger partial charge in [0.05, 0.1) is 6.20 Å². The Kier molecular flexibility index (Phi) is 1.68. The minimum absolute atomic E-state index is 0.153. The monoisotopic (exact) mass is 165 g/mol. The molecule has 3 nitrogen and oxygen atoms in total. The van der Waals surface area contributed by atoms with Crippen molar-refractivity contribution in [2.45, 2.75) is 38.3 Å². The maximum absolute atomic E-state index is 5.96. The summed E-state index contributed by atoms with van der Waals surface area (Å²) >= 11 is 0. The summed E-state index contributed by atoms with van der Waals surface area (Å²) in [6.45, 7) is 3.02. The van der Waals surface area contributed by atoms with Gasteiger partial charge in [0, 0.05) is 18.3 Å². The molecule has 1 aliphatic carbocycles. The fraction of sp³-hybridized carbons (Fsp3) is 0.667. The van der Waals surface area contributed by atoms with Gasteiger partial charge >= 0.3 is 0 Å². The Hall–Kier alpha value is -0.830. The van der Waals surface area contributed by atoms with Gasteiger partial charge < -0.3 is 5.73 Å². The standard InChI is InChI=1S/C9H15N3/c1-8-6-11-12(7-8)5-4-9(10)2-3-9/h6-7H,2-5,10H2,1H3. The maximum Gasteiger partial charge on any atom is 0.0518 e. The fourth-order valence-electron chi connectivity index (χ4n) is 1.34. The van der Waals surface area contributed by atoms with E-state index in [0.29, 0.717) is 0 Å². The SMILES string of the molecule is Cc1cnn(CCC2(N)CC2)c1. The molecule has 12 heavy (non-hydrogen) atoms. The van der Waals surface area contributed by atoms with Gasteiger partial charge in [-0.1, -0.05) is 0 Å². The molecule has 1 heterocycles. The van der Waals surface area contributed by atoms with Crippen LogP contribution in [0.3, 0.4) is 0 Å². The van der Waals surface area contributed by atoms with E-state index >= 15 is 0 Å². The lowest BCUT2D eigenvalue weighted by atomic mass is 10.2. The van der Waals surface area contributed by atoms with Crippen LogP contribution in [0.15, 0.2) is 12.4 Å². The minimum atomic E-state index is 0.153. The summed E-state index contributed by atoms with van der Waals surface area (Å²) in [4.78, 5) is 0. The second-order valence-corrected chi connectivity index (χ2v) is 3.89. The van der Waals surface area contributed by atoms with Crippen LogP contribution in [0.2, 0.25) is 0 Å². The average molecular weight is 165 g/mol. The molecule has 0 radical (unpaired) electrons. The highest BCUT2D eigenvalue weighted by atomic mass is 15.3. The molecule has 3 heteroatoms. The first-order chi connectivity index (χ1) is 5.68. The highest BCUT2D eigenvalue weighted by Gasteiger charge is 2.37. The molecule has 0 aromatic carbocycles. The van der Waals surface area contributed by atoms with Gasteiger partial charge in [-0.05, 0) is 31.7 Å². The van der Waals surface area contributed by atoms with Crippen LogP contribution < -0.4 is 5.73 Å². The third kappa shape index (κ3) is 1.67. The molecule has 2 rings (SSSR count). The second-order valence-electron chi connectivity index (χ2n) is 3.89. The normalized spacial score (nSPS) is 19.5. The Morgan fingerprint density at radius 3 is 2.92 bits per heavy atom. The Labute approximate surface area is 72.6 Å². The fourth-order valence-corrected chi connectivity index (χ4v) is 1.34. The summed E-state index contributed by atoms with van der Waals surface area (Å²) in [7, 11) is 0. The number of rotatable bonds is 3. The highest BCUT2D eigenvalue weighted by molar-refractivity contribution is 5.01. The van der Waals surface area contributed by atoms with Crippen molar-refractivity contribution >= 4 is 0 Å². The van der Waals surface area contributed by atoms with Gasteiger partial charge in [0.2, 0.25) is 0 Å². The van der Waals surface area contributed by atoms with E-state index in [1.165, 1.54) is 18.4 Å². The number of hydrogen-bond acceptors (Lipinski definition) is 2. The zero-order chi connectivity index (χ0) is 8.60. The van der Waals surface area contributed by atoms with Crippen LogP contribution in [-0.2, 0) is 6.54 Å². The number of hydrogen-bond donors (Lipinski definition) is 1. The number of aryl methyl sites for hydroxylation is 2. The molecule has 0 spiro atoms. The van der Waals surface area contributed by atoms with E-state index in [-0.39, 0.29) is 5.54 Å². The van der Waals surface area contributed by atoms with E-state index in [4.69, 9.17) is 5.73 Å². The molecule has 1 aromatic heterocycles. The van der Waals surface area contributed by atoms with E-state index in [2.05, 4.69) is 18.2 Å². The molecule has 1 fully saturated rings. The molecule has 1 aromatic rings. The summed E-state index contributed by atoms with van der Waals surface area (Å²) in [5.74, 6) is 0. The third-order valence-corrected chi connectivity index (χ3v) is 2.49. The van der Waals surface area contributed by atoms with Crippen molar-refractivity contribution in [2.24, 2.45) is 5.73 Å². The molecule has 0 saturated heterocycles. The lowest BCUT2D eigenvalue weighted by Crippen LogP contribution is -2.23. The molecular weight excluding hydrogens is 150 g/mol. The Balaban J connectivity index is 1.87. The van der Waals surface area contributed by atoms with Crippen LogP contribution in [0.1, 0.15) is 24.8 Å². The van der Waals surface area contributed by atoms with Gasteiger partial charge in [-0.2, -0.15) is 5.10 Å². The average Bonchev–Trinajstić information content (AvgIpc) is 2.60. The summed E-state index contributed by atoms with van der Waals surface area (Å²) in [6, 6.07) is 0. The van der Waals surface area contributed by atoms with Crippen molar-refractivity contribution in [1.29, 1.82) is 0 Å². The van der Waals surface area contributed by atoms with Gasteiger partial charge in [-0.15, -0.1) is 0 Å². The molecule has 0 amide bonds. The van der Waals surface area contributed by atoms with Crippen LogP contribution in [0.25, 0.3) is 0 Å². The van der Waals surface area contributed by atoms with Crippen LogP contribution in [0.5, 0.6) is 0 Å².